The summed E-state index contributed by atoms with van der Waals surface area (Å²) in [4.78, 5) is 15.5. The molecule has 1 saturated heterocycles. The Kier molecular flexibility index (Phi) is 4.03. The van der Waals surface area contributed by atoms with Gasteiger partial charge in [-0.05, 0) is 24.8 Å². The lowest BCUT2D eigenvalue weighted by Crippen LogP contribution is -2.39. The van der Waals surface area contributed by atoms with Gasteiger partial charge in [-0.25, -0.2) is 0 Å². The third kappa shape index (κ3) is 3.38. The van der Waals surface area contributed by atoms with E-state index in [1.807, 2.05) is 0 Å². The molecule has 1 heterocycles. The van der Waals surface area contributed by atoms with E-state index >= 15 is 0 Å². The van der Waals surface area contributed by atoms with Gasteiger partial charge in [0.1, 0.15) is 0 Å². The van der Waals surface area contributed by atoms with Crippen LogP contribution in [0.1, 0.15) is 24.8 Å². The molecule has 0 aromatic heterocycles. The molecule has 3 rings (SSSR count). The summed E-state index contributed by atoms with van der Waals surface area (Å²) >= 11 is 0. The van der Waals surface area contributed by atoms with Crippen molar-refractivity contribution in [2.45, 2.75) is 37.9 Å². The van der Waals surface area contributed by atoms with Crippen LogP contribution < -0.4 is 0 Å². The average Bonchev–Trinajstić information content (AvgIpc) is 3.17. The highest BCUT2D eigenvalue weighted by Crippen LogP contribution is 2.32. The minimum Gasteiger partial charge on any atom is -0.480 e. The molecule has 4 nitrogen and oxygen atoms in total. The lowest BCUT2D eigenvalue weighted by Gasteiger charge is -2.29. The fourth-order valence-electron chi connectivity index (χ4n) is 3.17. The fraction of sp³-hybridized carbons (Fsp3) is 0.562. The molecule has 1 atom stereocenters. The zero-order valence-electron chi connectivity index (χ0n) is 11.7. The predicted octanol–water partition coefficient (Wildman–Crippen LogP) is 1.81. The summed E-state index contributed by atoms with van der Waals surface area (Å²) in [5.41, 5.74) is 1.36. The van der Waals surface area contributed by atoms with E-state index in [0.29, 0.717) is 12.1 Å². The van der Waals surface area contributed by atoms with Gasteiger partial charge in [-0.3, -0.25) is 14.6 Å². The van der Waals surface area contributed by atoms with E-state index in [1.54, 1.807) is 0 Å². The topological polar surface area (TPSA) is 43.8 Å². The van der Waals surface area contributed by atoms with Crippen LogP contribution in [0.25, 0.3) is 0 Å². The molecule has 1 N–H and O–H groups in total. The highest BCUT2D eigenvalue weighted by molar-refractivity contribution is 5.69. The van der Waals surface area contributed by atoms with Crippen molar-refractivity contribution < 1.29 is 9.90 Å². The maximum absolute atomic E-state index is 10.8. The number of aliphatic carboxylic acids is 1. The van der Waals surface area contributed by atoms with Crippen LogP contribution in [0.3, 0.4) is 0 Å². The lowest BCUT2D eigenvalue weighted by atomic mass is 10.1. The monoisotopic (exact) mass is 274 g/mol. The van der Waals surface area contributed by atoms with Crippen molar-refractivity contribution in [1.29, 1.82) is 0 Å². The van der Waals surface area contributed by atoms with Crippen LogP contribution >= 0.6 is 0 Å². The van der Waals surface area contributed by atoms with Crippen LogP contribution in [0.4, 0.5) is 0 Å². The van der Waals surface area contributed by atoms with Crippen molar-refractivity contribution in [3.05, 3.63) is 35.9 Å². The van der Waals surface area contributed by atoms with Gasteiger partial charge in [0.05, 0.1) is 6.54 Å². The molecule has 2 fully saturated rings. The van der Waals surface area contributed by atoms with Crippen molar-refractivity contribution >= 4 is 5.97 Å². The number of hydrogen-bond donors (Lipinski definition) is 1. The number of carboxylic acid groups (broad SMARTS) is 1. The van der Waals surface area contributed by atoms with Gasteiger partial charge in [-0.2, -0.15) is 0 Å². The first kappa shape index (κ1) is 13.6. The third-order valence-electron chi connectivity index (χ3n) is 4.30. The number of likely N-dealkylation sites (tertiary alicyclic amines) is 1. The number of carbonyl (C=O) groups is 1. The van der Waals surface area contributed by atoms with Crippen LogP contribution in [-0.2, 0) is 11.3 Å². The van der Waals surface area contributed by atoms with Gasteiger partial charge in [0.15, 0.2) is 0 Å². The first-order valence-electron chi connectivity index (χ1n) is 7.46. The number of rotatable bonds is 6. The number of carboxylic acids is 1. The number of benzene rings is 1. The largest absolute Gasteiger partial charge is 0.480 e. The van der Waals surface area contributed by atoms with Gasteiger partial charge in [-0.15, -0.1) is 0 Å². The second-order valence-electron chi connectivity index (χ2n) is 5.96. The molecule has 1 aromatic rings. The molecular formula is C16H22N2O2. The highest BCUT2D eigenvalue weighted by Gasteiger charge is 2.37. The Bertz CT molecular complexity index is 459. The molecule has 0 bridgehead atoms. The van der Waals surface area contributed by atoms with Crippen molar-refractivity contribution in [3.8, 4) is 0 Å². The van der Waals surface area contributed by atoms with Gasteiger partial charge < -0.3 is 5.11 Å². The van der Waals surface area contributed by atoms with Gasteiger partial charge in [-0.1, -0.05) is 30.3 Å². The summed E-state index contributed by atoms with van der Waals surface area (Å²) in [6.45, 7) is 2.99. The second-order valence-corrected chi connectivity index (χ2v) is 5.96. The van der Waals surface area contributed by atoms with Gasteiger partial charge in [0, 0.05) is 31.7 Å². The summed E-state index contributed by atoms with van der Waals surface area (Å²) in [5, 5.41) is 8.90. The molecule has 4 heteroatoms. The third-order valence-corrected chi connectivity index (χ3v) is 4.30. The number of hydrogen-bond acceptors (Lipinski definition) is 3. The van der Waals surface area contributed by atoms with Gasteiger partial charge >= 0.3 is 5.97 Å². The standard InChI is InChI=1S/C16H22N2O2/c19-16(20)12-17-9-8-15(11-17)18(14-6-7-14)10-13-4-2-1-3-5-13/h1-5,14-15H,6-12H2,(H,19,20)/t15-/m0/s1. The second kappa shape index (κ2) is 5.94. The Hall–Kier alpha value is -1.39. The zero-order valence-corrected chi connectivity index (χ0v) is 11.7. The van der Waals surface area contributed by atoms with E-state index in [-0.39, 0.29) is 6.54 Å². The van der Waals surface area contributed by atoms with Crippen LogP contribution in [0, 0.1) is 0 Å². The van der Waals surface area contributed by atoms with E-state index in [2.05, 4.69) is 40.1 Å². The highest BCUT2D eigenvalue weighted by atomic mass is 16.4. The lowest BCUT2D eigenvalue weighted by molar-refractivity contribution is -0.138. The Morgan fingerprint density at radius 2 is 1.95 bits per heavy atom. The molecule has 0 unspecified atom stereocenters. The van der Waals surface area contributed by atoms with E-state index < -0.39 is 5.97 Å². The fourth-order valence-corrected chi connectivity index (χ4v) is 3.17. The van der Waals surface area contributed by atoms with Gasteiger partial charge in [0.25, 0.3) is 0 Å². The van der Waals surface area contributed by atoms with Crippen LogP contribution in [0.2, 0.25) is 0 Å². The smallest absolute Gasteiger partial charge is 0.317 e. The summed E-state index contributed by atoms with van der Waals surface area (Å²) in [6, 6.07) is 11.8. The van der Waals surface area contributed by atoms with E-state index in [4.69, 9.17) is 5.11 Å². The van der Waals surface area contributed by atoms with Crippen LogP contribution in [-0.4, -0.2) is 52.6 Å². The van der Waals surface area contributed by atoms with Crippen molar-refractivity contribution in [2.75, 3.05) is 19.6 Å². The molecule has 2 aliphatic rings. The molecule has 108 valence electrons. The number of nitrogens with zero attached hydrogens (tertiary/aromatic N) is 2. The quantitative estimate of drug-likeness (QED) is 0.859. The molecule has 1 aromatic carbocycles. The van der Waals surface area contributed by atoms with Crippen molar-refractivity contribution in [2.24, 2.45) is 0 Å². The van der Waals surface area contributed by atoms with Crippen molar-refractivity contribution in [3.63, 3.8) is 0 Å². The minimum absolute atomic E-state index is 0.181. The molecule has 1 aliphatic carbocycles. The summed E-state index contributed by atoms with van der Waals surface area (Å²) in [5.74, 6) is -0.716. The zero-order chi connectivity index (χ0) is 13.9. The minimum atomic E-state index is -0.716. The van der Waals surface area contributed by atoms with Crippen LogP contribution in [0.15, 0.2) is 30.3 Å². The Balaban J connectivity index is 1.62. The average molecular weight is 274 g/mol. The first-order chi connectivity index (χ1) is 9.72. The molecular weight excluding hydrogens is 252 g/mol. The molecule has 0 amide bonds. The summed E-state index contributed by atoms with van der Waals surface area (Å²) < 4.78 is 0. The van der Waals surface area contributed by atoms with E-state index in [0.717, 1.165) is 26.1 Å². The maximum atomic E-state index is 10.8. The Labute approximate surface area is 120 Å². The molecule has 1 saturated carbocycles. The summed E-state index contributed by atoms with van der Waals surface area (Å²) in [7, 11) is 0. The predicted molar refractivity (Wildman–Crippen MR) is 77.5 cm³/mol. The maximum Gasteiger partial charge on any atom is 0.317 e. The first-order valence-corrected chi connectivity index (χ1v) is 7.46. The van der Waals surface area contributed by atoms with E-state index in [1.165, 1.54) is 18.4 Å². The molecule has 1 aliphatic heterocycles. The Morgan fingerprint density at radius 1 is 1.20 bits per heavy atom. The molecule has 20 heavy (non-hydrogen) atoms. The molecule has 0 spiro atoms. The van der Waals surface area contributed by atoms with Crippen molar-refractivity contribution in [1.82, 2.24) is 9.80 Å². The van der Waals surface area contributed by atoms with Gasteiger partial charge in [0.2, 0.25) is 0 Å². The molecule has 0 radical (unpaired) electrons. The Morgan fingerprint density at radius 3 is 2.60 bits per heavy atom. The summed E-state index contributed by atoms with van der Waals surface area (Å²) in [6.07, 6.45) is 3.68. The van der Waals surface area contributed by atoms with Crippen LogP contribution in [0.5, 0.6) is 0 Å². The SMILES string of the molecule is O=C(O)CN1CC[C@H](N(Cc2ccccc2)C2CC2)C1. The normalized spacial score (nSPS) is 23.4. The van der Waals surface area contributed by atoms with E-state index in [9.17, 15) is 4.79 Å².